The molecule has 1 aliphatic heterocycles. The average molecular weight is 517 g/mol. The lowest BCUT2D eigenvalue weighted by molar-refractivity contribution is -0.132. The van der Waals surface area contributed by atoms with Crippen LogP contribution in [0.4, 0.5) is 10.5 Å². The van der Waals surface area contributed by atoms with Gasteiger partial charge in [0.1, 0.15) is 0 Å². The second-order valence-corrected chi connectivity index (χ2v) is 11.8. The number of aliphatic hydroxyl groups excluding tert-OH is 1. The van der Waals surface area contributed by atoms with Gasteiger partial charge in [0.2, 0.25) is 11.8 Å². The molecule has 3 amide bonds. The molecule has 1 aromatic rings. The van der Waals surface area contributed by atoms with Gasteiger partial charge in [0.15, 0.2) is 0 Å². The van der Waals surface area contributed by atoms with Crippen LogP contribution in [0, 0.1) is 10.8 Å². The fourth-order valence-electron chi connectivity index (χ4n) is 5.63. The molecule has 0 saturated heterocycles. The van der Waals surface area contributed by atoms with Gasteiger partial charge in [0.25, 0.3) is 0 Å². The Balaban J connectivity index is 1.57. The summed E-state index contributed by atoms with van der Waals surface area (Å²) in [6.45, 7) is 6.35. The van der Waals surface area contributed by atoms with E-state index >= 15 is 0 Å². The summed E-state index contributed by atoms with van der Waals surface area (Å²) in [4.78, 5) is 39.7. The first-order valence-corrected chi connectivity index (χ1v) is 13.4. The predicted molar refractivity (Wildman–Crippen MR) is 143 cm³/mol. The molecule has 0 spiro atoms. The highest BCUT2D eigenvalue weighted by molar-refractivity contribution is 5.95. The number of nitrogens with two attached hydrogens (primary N) is 1. The number of para-hydroxylation sites is 1. The molecule has 1 saturated carbocycles. The highest BCUT2D eigenvalue weighted by atomic mass is 16.5. The van der Waals surface area contributed by atoms with Crippen LogP contribution in [0.1, 0.15) is 71.3 Å². The zero-order valence-electron chi connectivity index (χ0n) is 22.7. The van der Waals surface area contributed by atoms with Crippen molar-refractivity contribution in [2.45, 2.75) is 90.3 Å². The summed E-state index contributed by atoms with van der Waals surface area (Å²) < 4.78 is 4.74. The van der Waals surface area contributed by atoms with Crippen molar-refractivity contribution in [1.29, 1.82) is 0 Å². The lowest BCUT2D eigenvalue weighted by Crippen LogP contribution is -2.51. The maximum Gasteiger partial charge on any atom is 0.407 e. The number of rotatable bonds is 9. The largest absolute Gasteiger partial charge is 0.453 e. The van der Waals surface area contributed by atoms with E-state index in [4.69, 9.17) is 10.5 Å². The first-order valence-electron chi connectivity index (χ1n) is 13.4. The number of amides is 3. The summed E-state index contributed by atoms with van der Waals surface area (Å²) in [6, 6.07) is 6.84. The lowest BCUT2D eigenvalue weighted by atomic mass is 9.75. The highest BCUT2D eigenvalue weighted by Gasteiger charge is 2.36. The van der Waals surface area contributed by atoms with Crippen molar-refractivity contribution in [3.63, 3.8) is 0 Å². The maximum atomic E-state index is 13.5. The summed E-state index contributed by atoms with van der Waals surface area (Å²) >= 11 is 0. The molecule has 37 heavy (non-hydrogen) atoms. The van der Waals surface area contributed by atoms with Gasteiger partial charge in [-0.25, -0.2) is 4.79 Å². The summed E-state index contributed by atoms with van der Waals surface area (Å²) in [5.74, 6) is -0.0965. The van der Waals surface area contributed by atoms with Crippen LogP contribution in [0.2, 0.25) is 0 Å². The number of nitrogens with zero attached hydrogens (tertiary/aromatic N) is 1. The highest BCUT2D eigenvalue weighted by Crippen LogP contribution is 2.36. The van der Waals surface area contributed by atoms with Crippen LogP contribution < -0.4 is 21.3 Å². The van der Waals surface area contributed by atoms with E-state index in [0.29, 0.717) is 19.4 Å². The molecule has 9 nitrogen and oxygen atoms in total. The molecule has 1 aliphatic carbocycles. The van der Waals surface area contributed by atoms with E-state index in [9.17, 15) is 19.5 Å². The zero-order valence-corrected chi connectivity index (χ0v) is 22.7. The lowest BCUT2D eigenvalue weighted by Gasteiger charge is -2.37. The minimum atomic E-state index is -0.908. The Morgan fingerprint density at radius 2 is 1.89 bits per heavy atom. The van der Waals surface area contributed by atoms with Crippen molar-refractivity contribution in [2.75, 3.05) is 25.1 Å². The van der Waals surface area contributed by atoms with Gasteiger partial charge in [0, 0.05) is 36.7 Å². The summed E-state index contributed by atoms with van der Waals surface area (Å²) in [5.41, 5.74) is 7.29. The van der Waals surface area contributed by atoms with Gasteiger partial charge >= 0.3 is 6.09 Å². The SMILES string of the molecule is COC(=O)NC1Cc2ccccc2N(C(=O)CC(C)(C)C[C@H](N)[C@@H](O)CNC(=O)C2(C)CCCCC2)C1. The third kappa shape index (κ3) is 7.68. The van der Waals surface area contributed by atoms with Gasteiger partial charge in [-0.05, 0) is 42.7 Å². The monoisotopic (exact) mass is 516 g/mol. The first-order chi connectivity index (χ1) is 17.4. The van der Waals surface area contributed by atoms with Crippen LogP contribution in [-0.2, 0) is 20.7 Å². The topological polar surface area (TPSA) is 134 Å². The van der Waals surface area contributed by atoms with E-state index in [0.717, 1.165) is 43.4 Å². The number of hydrogen-bond acceptors (Lipinski definition) is 6. The number of nitrogens with one attached hydrogen (secondary N) is 2. The van der Waals surface area contributed by atoms with Gasteiger partial charge in [-0.1, -0.05) is 58.2 Å². The third-order valence-corrected chi connectivity index (χ3v) is 7.85. The summed E-state index contributed by atoms with van der Waals surface area (Å²) in [7, 11) is 1.32. The smallest absolute Gasteiger partial charge is 0.407 e. The van der Waals surface area contributed by atoms with Gasteiger partial charge in [-0.15, -0.1) is 0 Å². The van der Waals surface area contributed by atoms with E-state index in [-0.39, 0.29) is 36.2 Å². The quantitative estimate of drug-likeness (QED) is 0.399. The Bertz CT molecular complexity index is 960. The van der Waals surface area contributed by atoms with Crippen molar-refractivity contribution >= 4 is 23.6 Å². The number of fused-ring (bicyclic) bond motifs is 1. The molecule has 0 bridgehead atoms. The van der Waals surface area contributed by atoms with E-state index in [1.54, 1.807) is 4.90 Å². The number of hydrogen-bond donors (Lipinski definition) is 4. The van der Waals surface area contributed by atoms with Crippen LogP contribution in [0.15, 0.2) is 24.3 Å². The minimum absolute atomic E-state index is 0.0215. The number of ether oxygens (including phenoxy) is 1. The van der Waals surface area contributed by atoms with Gasteiger partial charge in [-0.2, -0.15) is 0 Å². The normalized spacial score (nSPS) is 20.8. The fourth-order valence-corrected chi connectivity index (χ4v) is 5.63. The Hall–Kier alpha value is -2.65. The number of aliphatic hydroxyl groups is 1. The third-order valence-electron chi connectivity index (χ3n) is 7.85. The fraction of sp³-hybridized carbons (Fsp3) is 0.679. The number of carbonyl (C=O) groups excluding carboxylic acids is 3. The van der Waals surface area contributed by atoms with Crippen molar-refractivity contribution in [3.8, 4) is 0 Å². The second kappa shape index (κ2) is 12.3. The van der Waals surface area contributed by atoms with Crippen LogP contribution in [-0.4, -0.2) is 61.4 Å². The average Bonchev–Trinajstić information content (AvgIpc) is 2.86. The number of alkyl carbamates (subject to hydrolysis) is 1. The standard InChI is InChI=1S/C28H44N4O5/c1-27(2,15-21(29)23(33)17-30-25(35)28(3)12-8-5-9-13-28)16-24(34)32-18-20(31-26(36)37-4)14-19-10-6-7-11-22(19)32/h6-7,10-11,20-21,23,33H,5,8-9,12-18,29H2,1-4H3,(H,30,35)(H,31,36)/t20?,21-,23-/m0/s1. The molecule has 0 aromatic heterocycles. The molecule has 3 atom stereocenters. The number of anilines is 1. The van der Waals surface area contributed by atoms with Gasteiger partial charge in [-0.3, -0.25) is 9.59 Å². The molecule has 206 valence electrons. The first kappa shape index (κ1) is 28.9. The molecule has 1 aromatic carbocycles. The van der Waals surface area contributed by atoms with Gasteiger partial charge < -0.3 is 31.1 Å². The summed E-state index contributed by atoms with van der Waals surface area (Å²) in [5, 5.41) is 16.4. The van der Waals surface area contributed by atoms with E-state index in [2.05, 4.69) is 10.6 Å². The van der Waals surface area contributed by atoms with Crippen LogP contribution >= 0.6 is 0 Å². The molecule has 5 N–H and O–H groups in total. The maximum absolute atomic E-state index is 13.5. The Morgan fingerprint density at radius 3 is 2.57 bits per heavy atom. The molecule has 2 aliphatic rings. The number of benzene rings is 1. The molecule has 9 heteroatoms. The van der Waals surface area contributed by atoms with E-state index in [1.165, 1.54) is 7.11 Å². The van der Waals surface area contributed by atoms with Crippen molar-refractivity contribution in [1.82, 2.24) is 10.6 Å². The van der Waals surface area contributed by atoms with Crippen LogP contribution in [0.25, 0.3) is 0 Å². The van der Waals surface area contributed by atoms with E-state index < -0.39 is 23.7 Å². The molecule has 3 rings (SSSR count). The van der Waals surface area contributed by atoms with Crippen LogP contribution in [0.3, 0.4) is 0 Å². The number of methoxy groups -OCH3 is 1. The van der Waals surface area contributed by atoms with Crippen LogP contribution in [0.5, 0.6) is 0 Å². The minimum Gasteiger partial charge on any atom is -0.453 e. The van der Waals surface area contributed by atoms with Crippen molar-refractivity contribution in [2.24, 2.45) is 16.6 Å². The number of carbonyl (C=O) groups is 3. The summed E-state index contributed by atoms with van der Waals surface area (Å²) in [6.07, 6.45) is 4.80. The molecule has 1 unspecified atom stereocenters. The Kier molecular flexibility index (Phi) is 9.58. The van der Waals surface area contributed by atoms with Gasteiger partial charge in [0.05, 0.1) is 19.3 Å². The molecule has 0 radical (unpaired) electrons. The zero-order chi connectivity index (χ0) is 27.2. The second-order valence-electron chi connectivity index (χ2n) is 11.8. The predicted octanol–water partition coefficient (Wildman–Crippen LogP) is 2.88. The molecular weight excluding hydrogens is 472 g/mol. The molecule has 1 heterocycles. The Morgan fingerprint density at radius 1 is 1.22 bits per heavy atom. The van der Waals surface area contributed by atoms with E-state index in [1.807, 2.05) is 45.0 Å². The Labute approximate surface area is 220 Å². The molecule has 1 fully saturated rings. The van der Waals surface area contributed by atoms with Crippen molar-refractivity contribution in [3.05, 3.63) is 29.8 Å². The van der Waals surface area contributed by atoms with Crippen molar-refractivity contribution < 1.29 is 24.2 Å². The molecular formula is C28H44N4O5.